The second-order valence-electron chi connectivity index (χ2n) is 6.19. The Bertz CT molecular complexity index is 697. The summed E-state index contributed by atoms with van der Waals surface area (Å²) in [5.74, 6) is 1.84. The Labute approximate surface area is 155 Å². The summed E-state index contributed by atoms with van der Waals surface area (Å²) < 4.78 is 16.7. The highest BCUT2D eigenvalue weighted by molar-refractivity contribution is 5.81. The molecule has 0 fully saturated rings. The Morgan fingerprint density at radius 2 is 1.65 bits per heavy atom. The Kier molecular flexibility index (Phi) is 7.33. The molecule has 2 aromatic carbocycles. The summed E-state index contributed by atoms with van der Waals surface area (Å²) >= 11 is 0. The van der Waals surface area contributed by atoms with Crippen LogP contribution in [0.1, 0.15) is 32.8 Å². The number of amides is 1. The molecule has 1 N–H and O–H groups in total. The number of hydrogen-bond acceptors (Lipinski definition) is 4. The molecule has 140 valence electrons. The molecule has 0 aliphatic rings. The van der Waals surface area contributed by atoms with E-state index in [0.717, 1.165) is 11.3 Å². The van der Waals surface area contributed by atoms with Gasteiger partial charge in [0.1, 0.15) is 5.75 Å². The minimum absolute atomic E-state index is 0.137. The zero-order valence-corrected chi connectivity index (χ0v) is 15.8. The molecule has 2 aromatic rings. The van der Waals surface area contributed by atoms with Crippen LogP contribution < -0.4 is 19.5 Å². The van der Waals surface area contributed by atoms with E-state index in [1.807, 2.05) is 57.2 Å². The van der Waals surface area contributed by atoms with Gasteiger partial charge in [0, 0.05) is 6.54 Å². The van der Waals surface area contributed by atoms with Gasteiger partial charge in [-0.1, -0.05) is 31.2 Å². The van der Waals surface area contributed by atoms with Crippen LogP contribution in [-0.4, -0.2) is 25.2 Å². The van der Waals surface area contributed by atoms with Gasteiger partial charge >= 0.3 is 0 Å². The van der Waals surface area contributed by atoms with Crippen molar-refractivity contribution in [2.75, 3.05) is 7.11 Å². The molecule has 0 spiro atoms. The van der Waals surface area contributed by atoms with Crippen molar-refractivity contribution in [2.45, 2.75) is 45.9 Å². The zero-order chi connectivity index (χ0) is 18.9. The Morgan fingerprint density at radius 1 is 1.00 bits per heavy atom. The number of nitrogens with one attached hydrogen (secondary N) is 1. The average Bonchev–Trinajstić information content (AvgIpc) is 2.65. The van der Waals surface area contributed by atoms with E-state index in [1.165, 1.54) is 0 Å². The van der Waals surface area contributed by atoms with E-state index in [2.05, 4.69) is 5.32 Å². The number of hydrogen-bond donors (Lipinski definition) is 1. The lowest BCUT2D eigenvalue weighted by Gasteiger charge is -2.19. The van der Waals surface area contributed by atoms with E-state index in [-0.39, 0.29) is 12.0 Å². The SMILES string of the molecule is CC[C@@H](Oc1ccccc1OC)C(=O)NCc1ccc(OC(C)C)cc1. The fraction of sp³-hybridized carbons (Fsp3) is 0.381. The van der Waals surface area contributed by atoms with E-state index in [9.17, 15) is 4.79 Å². The van der Waals surface area contributed by atoms with Crippen molar-refractivity contribution in [1.82, 2.24) is 5.32 Å². The minimum atomic E-state index is -0.574. The second kappa shape index (κ2) is 9.70. The summed E-state index contributed by atoms with van der Waals surface area (Å²) in [6.07, 6.45) is 0.123. The molecule has 0 saturated carbocycles. The lowest BCUT2D eigenvalue weighted by molar-refractivity contribution is -0.128. The predicted molar refractivity (Wildman–Crippen MR) is 102 cm³/mol. The van der Waals surface area contributed by atoms with Gasteiger partial charge in [-0.3, -0.25) is 4.79 Å². The first-order valence-electron chi connectivity index (χ1n) is 8.86. The molecule has 2 rings (SSSR count). The fourth-order valence-corrected chi connectivity index (χ4v) is 2.45. The summed E-state index contributed by atoms with van der Waals surface area (Å²) in [4.78, 5) is 12.5. The van der Waals surface area contributed by atoms with Crippen LogP contribution in [0.25, 0.3) is 0 Å². The number of benzene rings is 2. The maximum Gasteiger partial charge on any atom is 0.261 e. The largest absolute Gasteiger partial charge is 0.493 e. The van der Waals surface area contributed by atoms with Crippen molar-refractivity contribution >= 4 is 5.91 Å². The standard InChI is InChI=1S/C21H27NO4/c1-5-18(26-20-9-7-6-8-19(20)24-4)21(23)22-14-16-10-12-17(13-11-16)25-15(2)3/h6-13,15,18H,5,14H2,1-4H3,(H,22,23)/t18-/m1/s1. The van der Waals surface area contributed by atoms with Crippen LogP contribution in [-0.2, 0) is 11.3 Å². The maximum atomic E-state index is 12.5. The molecule has 26 heavy (non-hydrogen) atoms. The van der Waals surface area contributed by atoms with Crippen LogP contribution in [0.15, 0.2) is 48.5 Å². The molecule has 5 nitrogen and oxygen atoms in total. The van der Waals surface area contributed by atoms with Crippen molar-refractivity contribution in [1.29, 1.82) is 0 Å². The number of rotatable bonds is 9. The van der Waals surface area contributed by atoms with E-state index < -0.39 is 6.10 Å². The van der Waals surface area contributed by atoms with Crippen molar-refractivity contribution < 1.29 is 19.0 Å². The third-order valence-electron chi connectivity index (χ3n) is 3.76. The molecule has 0 heterocycles. The lowest BCUT2D eigenvalue weighted by atomic mass is 10.2. The molecule has 0 aliphatic heterocycles. The van der Waals surface area contributed by atoms with Crippen molar-refractivity contribution in [3.05, 3.63) is 54.1 Å². The zero-order valence-electron chi connectivity index (χ0n) is 15.8. The van der Waals surface area contributed by atoms with Crippen molar-refractivity contribution in [2.24, 2.45) is 0 Å². The Morgan fingerprint density at radius 3 is 2.23 bits per heavy atom. The second-order valence-corrected chi connectivity index (χ2v) is 6.19. The van der Waals surface area contributed by atoms with Crippen molar-refractivity contribution in [3.8, 4) is 17.2 Å². The van der Waals surface area contributed by atoms with Crippen LogP contribution >= 0.6 is 0 Å². The van der Waals surface area contributed by atoms with Gasteiger partial charge in [0.2, 0.25) is 0 Å². The number of methoxy groups -OCH3 is 1. The highest BCUT2D eigenvalue weighted by Gasteiger charge is 2.19. The highest BCUT2D eigenvalue weighted by atomic mass is 16.5. The predicted octanol–water partition coefficient (Wildman–Crippen LogP) is 3.96. The summed E-state index contributed by atoms with van der Waals surface area (Å²) in [5, 5.41) is 2.92. The van der Waals surface area contributed by atoms with E-state index >= 15 is 0 Å². The van der Waals surface area contributed by atoms with E-state index in [1.54, 1.807) is 19.2 Å². The van der Waals surface area contributed by atoms with Gasteiger partial charge in [-0.15, -0.1) is 0 Å². The van der Waals surface area contributed by atoms with Gasteiger partial charge in [-0.05, 0) is 50.1 Å². The van der Waals surface area contributed by atoms with Crippen molar-refractivity contribution in [3.63, 3.8) is 0 Å². The Balaban J connectivity index is 1.92. The molecule has 0 radical (unpaired) electrons. The fourth-order valence-electron chi connectivity index (χ4n) is 2.45. The molecule has 5 heteroatoms. The number of ether oxygens (including phenoxy) is 3. The van der Waals surface area contributed by atoms with Crippen LogP contribution in [0.2, 0.25) is 0 Å². The first-order valence-corrected chi connectivity index (χ1v) is 8.86. The van der Waals surface area contributed by atoms with Crippen LogP contribution in [0.5, 0.6) is 17.2 Å². The molecular weight excluding hydrogens is 330 g/mol. The first-order chi connectivity index (χ1) is 12.5. The number of carbonyl (C=O) groups excluding carboxylic acids is 1. The van der Waals surface area contributed by atoms with Gasteiger partial charge in [0.15, 0.2) is 17.6 Å². The monoisotopic (exact) mass is 357 g/mol. The number of para-hydroxylation sites is 2. The maximum absolute atomic E-state index is 12.5. The first kappa shape index (κ1) is 19.6. The number of carbonyl (C=O) groups is 1. The van der Waals surface area contributed by atoms with Crippen LogP contribution in [0.3, 0.4) is 0 Å². The Hall–Kier alpha value is -2.69. The minimum Gasteiger partial charge on any atom is -0.493 e. The molecule has 1 atom stereocenters. The highest BCUT2D eigenvalue weighted by Crippen LogP contribution is 2.27. The van der Waals surface area contributed by atoms with E-state index in [0.29, 0.717) is 24.5 Å². The van der Waals surface area contributed by atoms with E-state index in [4.69, 9.17) is 14.2 Å². The van der Waals surface area contributed by atoms with Gasteiger partial charge in [0.05, 0.1) is 13.2 Å². The molecule has 0 aromatic heterocycles. The van der Waals surface area contributed by atoms with Gasteiger partial charge in [-0.2, -0.15) is 0 Å². The summed E-state index contributed by atoms with van der Waals surface area (Å²) in [6, 6.07) is 15.0. The van der Waals surface area contributed by atoms with Gasteiger partial charge in [-0.25, -0.2) is 0 Å². The van der Waals surface area contributed by atoms with Crippen LogP contribution in [0.4, 0.5) is 0 Å². The van der Waals surface area contributed by atoms with Gasteiger partial charge < -0.3 is 19.5 Å². The molecule has 1 amide bonds. The average molecular weight is 357 g/mol. The molecule has 0 aliphatic carbocycles. The molecule has 0 saturated heterocycles. The lowest BCUT2D eigenvalue weighted by Crippen LogP contribution is -2.37. The molecule has 0 bridgehead atoms. The molecular formula is C21H27NO4. The molecule has 0 unspecified atom stereocenters. The smallest absolute Gasteiger partial charge is 0.261 e. The summed E-state index contributed by atoms with van der Waals surface area (Å²) in [7, 11) is 1.58. The third kappa shape index (κ3) is 5.69. The van der Waals surface area contributed by atoms with Crippen LogP contribution in [0, 0.1) is 0 Å². The third-order valence-corrected chi connectivity index (χ3v) is 3.76. The summed E-state index contributed by atoms with van der Waals surface area (Å²) in [6.45, 7) is 6.33. The normalized spacial score (nSPS) is 11.7. The quantitative estimate of drug-likeness (QED) is 0.738. The topological polar surface area (TPSA) is 56.8 Å². The van der Waals surface area contributed by atoms with Gasteiger partial charge in [0.25, 0.3) is 5.91 Å². The summed E-state index contributed by atoms with van der Waals surface area (Å²) in [5.41, 5.74) is 1.00.